The van der Waals surface area contributed by atoms with Crippen molar-refractivity contribution in [2.75, 3.05) is 25.9 Å². The smallest absolute Gasteiger partial charge is 0.167 e. The first-order valence-electron chi connectivity index (χ1n) is 11.9. The molecule has 1 aromatic carbocycles. The number of aromatic nitrogens is 6. The predicted octanol–water partition coefficient (Wildman–Crippen LogP) is 1.31. The van der Waals surface area contributed by atoms with E-state index in [0.717, 1.165) is 16.9 Å². The molecule has 0 amide bonds. The summed E-state index contributed by atoms with van der Waals surface area (Å²) in [5, 5.41) is 22.8. The van der Waals surface area contributed by atoms with Crippen LogP contribution in [-0.4, -0.2) is 83.3 Å². The van der Waals surface area contributed by atoms with Gasteiger partial charge in [-0.1, -0.05) is 26.8 Å². The monoisotopic (exact) mass is 496 g/mol. The van der Waals surface area contributed by atoms with E-state index in [4.69, 9.17) is 15.3 Å². The fourth-order valence-electron chi connectivity index (χ4n) is 4.42. The van der Waals surface area contributed by atoms with Crippen molar-refractivity contribution >= 4 is 28.0 Å². The number of nitrogens with one attached hydrogen (secondary N) is 1. The van der Waals surface area contributed by atoms with E-state index in [1.807, 2.05) is 6.07 Å². The maximum absolute atomic E-state index is 10.6. The number of aromatic amines is 1. The molecule has 4 heterocycles. The third-order valence-corrected chi connectivity index (χ3v) is 6.48. The van der Waals surface area contributed by atoms with Crippen LogP contribution in [0.4, 0.5) is 5.82 Å². The van der Waals surface area contributed by atoms with Crippen LogP contribution in [0.5, 0.6) is 0 Å². The number of nitrogen functional groups attached to an aromatic ring is 1. The largest absolute Gasteiger partial charge is 0.387 e. The van der Waals surface area contributed by atoms with Crippen molar-refractivity contribution in [3.8, 4) is 0 Å². The molecule has 5 N–H and O–H groups in total. The molecular formula is C24H32N8O4. The highest BCUT2D eigenvalue weighted by atomic mass is 16.7. The number of ether oxygens (including phenoxy) is 1. The molecule has 0 spiro atoms. The molecule has 192 valence electrons. The summed E-state index contributed by atoms with van der Waals surface area (Å²) in [6.45, 7) is 7.18. The second-order valence-electron chi connectivity index (χ2n) is 10.2. The molecule has 0 aliphatic carbocycles. The molecule has 1 aliphatic rings. The molecule has 0 saturated carbocycles. The van der Waals surface area contributed by atoms with E-state index in [2.05, 4.69) is 57.8 Å². The van der Waals surface area contributed by atoms with Gasteiger partial charge >= 0.3 is 0 Å². The van der Waals surface area contributed by atoms with E-state index in [9.17, 15) is 10.2 Å². The number of nitrogens with zero attached hydrogens (tertiary/aromatic N) is 6. The van der Waals surface area contributed by atoms with Gasteiger partial charge in [-0.2, -0.15) is 5.06 Å². The number of hydrogen-bond donors (Lipinski definition) is 4. The van der Waals surface area contributed by atoms with E-state index in [0.29, 0.717) is 24.2 Å². The predicted molar refractivity (Wildman–Crippen MR) is 133 cm³/mol. The summed E-state index contributed by atoms with van der Waals surface area (Å²) in [5.41, 5.74) is 9.92. The van der Waals surface area contributed by atoms with E-state index in [1.54, 1.807) is 16.7 Å². The topological polar surface area (TPSA) is 160 Å². The number of aliphatic hydroxyl groups is 2. The van der Waals surface area contributed by atoms with Crippen LogP contribution in [0.2, 0.25) is 0 Å². The van der Waals surface area contributed by atoms with Gasteiger partial charge in [-0.05, 0) is 23.1 Å². The molecule has 4 aromatic rings. The molecule has 3 aromatic heterocycles. The van der Waals surface area contributed by atoms with Crippen molar-refractivity contribution in [1.82, 2.24) is 34.6 Å². The van der Waals surface area contributed by atoms with Crippen molar-refractivity contribution < 1.29 is 19.8 Å². The van der Waals surface area contributed by atoms with Crippen LogP contribution in [0.15, 0.2) is 30.9 Å². The van der Waals surface area contributed by atoms with Gasteiger partial charge in [0.1, 0.15) is 36.0 Å². The summed E-state index contributed by atoms with van der Waals surface area (Å²) < 4.78 is 7.52. The fraction of sp³-hybridized carbons (Fsp3) is 0.500. The van der Waals surface area contributed by atoms with E-state index < -0.39 is 24.5 Å². The fourth-order valence-corrected chi connectivity index (χ4v) is 4.42. The zero-order valence-electron chi connectivity index (χ0n) is 20.8. The lowest BCUT2D eigenvalue weighted by molar-refractivity contribution is -0.167. The van der Waals surface area contributed by atoms with Gasteiger partial charge in [0.2, 0.25) is 0 Å². The van der Waals surface area contributed by atoms with Crippen molar-refractivity contribution in [2.45, 2.75) is 57.1 Å². The summed E-state index contributed by atoms with van der Waals surface area (Å²) in [6.07, 6.45) is -0.476. The van der Waals surface area contributed by atoms with Gasteiger partial charge < -0.3 is 25.7 Å². The van der Waals surface area contributed by atoms with Gasteiger partial charge in [0.05, 0.1) is 30.5 Å². The Morgan fingerprint density at radius 2 is 2.00 bits per heavy atom. The van der Waals surface area contributed by atoms with Crippen LogP contribution in [0.25, 0.3) is 22.2 Å². The highest BCUT2D eigenvalue weighted by molar-refractivity contribution is 5.81. The number of hydrogen-bond acceptors (Lipinski definition) is 10. The van der Waals surface area contributed by atoms with Gasteiger partial charge in [0, 0.05) is 13.5 Å². The van der Waals surface area contributed by atoms with E-state index in [-0.39, 0.29) is 17.8 Å². The number of imidazole rings is 2. The summed E-state index contributed by atoms with van der Waals surface area (Å²) in [4.78, 5) is 26.2. The Bertz CT molecular complexity index is 1360. The molecule has 0 bridgehead atoms. The summed E-state index contributed by atoms with van der Waals surface area (Å²) in [5.74, 6) is 1.07. The maximum Gasteiger partial charge on any atom is 0.167 e. The zero-order chi connectivity index (χ0) is 25.6. The molecule has 1 aliphatic heterocycles. The number of aliphatic hydroxyl groups excluding tert-OH is 2. The molecule has 5 rings (SSSR count). The number of anilines is 1. The Balaban J connectivity index is 1.17. The first-order valence-corrected chi connectivity index (χ1v) is 11.9. The van der Waals surface area contributed by atoms with Crippen molar-refractivity contribution in [1.29, 1.82) is 0 Å². The van der Waals surface area contributed by atoms with Gasteiger partial charge in [-0.15, -0.1) is 0 Å². The lowest BCUT2D eigenvalue weighted by atomic mass is 9.87. The van der Waals surface area contributed by atoms with Crippen LogP contribution in [-0.2, 0) is 21.4 Å². The second-order valence-corrected chi connectivity index (χ2v) is 10.2. The summed E-state index contributed by atoms with van der Waals surface area (Å²) in [7, 11) is 1.75. The van der Waals surface area contributed by atoms with E-state index in [1.165, 1.54) is 18.2 Å². The third kappa shape index (κ3) is 4.65. The molecule has 4 atom stereocenters. The minimum Gasteiger partial charge on any atom is -0.387 e. The second kappa shape index (κ2) is 9.37. The normalized spacial score (nSPS) is 22.9. The number of benzene rings is 1. The number of rotatable bonds is 7. The molecule has 36 heavy (non-hydrogen) atoms. The van der Waals surface area contributed by atoms with Gasteiger partial charge in [-0.25, -0.2) is 19.9 Å². The summed E-state index contributed by atoms with van der Waals surface area (Å²) in [6, 6.07) is 6.29. The lowest BCUT2D eigenvalue weighted by Gasteiger charge is -2.22. The molecule has 1 fully saturated rings. The van der Waals surface area contributed by atoms with Crippen LogP contribution < -0.4 is 5.73 Å². The Hall–Kier alpha value is -3.16. The highest BCUT2D eigenvalue weighted by Gasteiger charge is 2.44. The van der Waals surface area contributed by atoms with Gasteiger partial charge in [-0.3, -0.25) is 9.40 Å². The average molecular weight is 497 g/mol. The van der Waals surface area contributed by atoms with Crippen LogP contribution in [0.3, 0.4) is 0 Å². The molecule has 1 saturated heterocycles. The van der Waals surface area contributed by atoms with Crippen molar-refractivity contribution in [3.63, 3.8) is 0 Å². The number of likely N-dealkylation sites (N-methyl/N-ethyl adjacent to an activating group) is 1. The van der Waals surface area contributed by atoms with E-state index >= 15 is 0 Å². The molecule has 12 nitrogen and oxygen atoms in total. The van der Waals surface area contributed by atoms with Gasteiger partial charge in [0.15, 0.2) is 17.7 Å². The number of hydroxylamine groups is 2. The Morgan fingerprint density at radius 3 is 2.78 bits per heavy atom. The standard InChI is InChI=1S/C24H32N8O4/c1-24(2,3)13-5-6-14-15(9-13)30-17(29-14)7-8-35-31(4)10-16-19(33)20(34)23(36-16)32-12-28-18-21(25)26-11-27-22(18)32/h5-6,9,11-12,16,19-20,23,33-34H,7-8,10H2,1-4H3,(H,29,30)(H2,25,26,27)/t16-,19-,20-,23-/m1/s1. The molecule has 0 unspecified atom stereocenters. The Kier molecular flexibility index (Phi) is 6.39. The highest BCUT2D eigenvalue weighted by Crippen LogP contribution is 2.32. The van der Waals surface area contributed by atoms with Crippen molar-refractivity contribution in [3.05, 3.63) is 42.2 Å². The SMILES string of the molecule is CN(C[C@H]1O[C@@H](n2cnc3c(N)ncnc32)[C@H](O)[C@@H]1O)OCCc1nc2ccc(C(C)(C)C)cc2[nH]1. The number of H-pyrrole nitrogens is 1. The first kappa shape index (κ1) is 24.5. The van der Waals surface area contributed by atoms with Crippen molar-refractivity contribution in [2.24, 2.45) is 0 Å². The molecule has 0 radical (unpaired) electrons. The Morgan fingerprint density at radius 1 is 1.19 bits per heavy atom. The maximum atomic E-state index is 10.6. The average Bonchev–Trinajstić information content (AvgIpc) is 3.50. The summed E-state index contributed by atoms with van der Waals surface area (Å²) >= 11 is 0. The minimum atomic E-state index is -1.18. The van der Waals surface area contributed by atoms with Gasteiger partial charge in [0.25, 0.3) is 0 Å². The third-order valence-electron chi connectivity index (χ3n) is 6.48. The first-order chi connectivity index (χ1) is 17.1. The van der Waals surface area contributed by atoms with Crippen LogP contribution in [0.1, 0.15) is 38.4 Å². The quantitative estimate of drug-likeness (QED) is 0.275. The minimum absolute atomic E-state index is 0.0663. The molecule has 12 heteroatoms. The zero-order valence-corrected chi connectivity index (χ0v) is 20.8. The number of nitrogens with two attached hydrogens (primary N) is 1. The van der Waals surface area contributed by atoms with Crippen LogP contribution >= 0.6 is 0 Å². The lowest BCUT2D eigenvalue weighted by Crippen LogP contribution is -2.38. The molecular weight excluding hydrogens is 464 g/mol. The Labute approximate surface area is 208 Å². The van der Waals surface area contributed by atoms with Crippen LogP contribution in [0, 0.1) is 0 Å². The number of fused-ring (bicyclic) bond motifs is 2.